The fourth-order valence-electron chi connectivity index (χ4n) is 2.14. The van der Waals surface area contributed by atoms with Gasteiger partial charge in [0.2, 0.25) is 0 Å². The molecular formula is C17H14N2O. The van der Waals surface area contributed by atoms with Crippen LogP contribution in [0.15, 0.2) is 71.8 Å². The van der Waals surface area contributed by atoms with Crippen molar-refractivity contribution in [3.05, 3.63) is 77.9 Å². The van der Waals surface area contributed by atoms with E-state index in [4.69, 9.17) is 0 Å². The van der Waals surface area contributed by atoms with Crippen molar-refractivity contribution in [2.75, 3.05) is 0 Å². The molecule has 2 aromatic rings. The number of hydrazone groups is 1. The lowest BCUT2D eigenvalue weighted by atomic mass is 10.0. The average molecular weight is 262 g/mol. The first-order valence-electron chi connectivity index (χ1n) is 6.51. The van der Waals surface area contributed by atoms with Gasteiger partial charge in [-0.25, -0.2) is 0 Å². The van der Waals surface area contributed by atoms with E-state index in [1.807, 2.05) is 60.7 Å². The van der Waals surface area contributed by atoms with E-state index in [0.29, 0.717) is 6.42 Å². The summed E-state index contributed by atoms with van der Waals surface area (Å²) in [6.45, 7) is 0. The van der Waals surface area contributed by atoms with Gasteiger partial charge >= 0.3 is 0 Å². The largest absolute Gasteiger partial charge is 0.294 e. The van der Waals surface area contributed by atoms with Gasteiger partial charge in [-0.1, -0.05) is 60.7 Å². The molecule has 98 valence electrons. The number of nitrogens with one attached hydrogen (secondary N) is 1. The monoisotopic (exact) mass is 262 g/mol. The van der Waals surface area contributed by atoms with E-state index in [0.717, 1.165) is 22.5 Å². The third kappa shape index (κ3) is 2.67. The number of carbonyl (C=O) groups is 1. The minimum Gasteiger partial charge on any atom is -0.294 e. The maximum absolute atomic E-state index is 12.1. The van der Waals surface area contributed by atoms with Gasteiger partial charge < -0.3 is 0 Å². The summed E-state index contributed by atoms with van der Waals surface area (Å²) in [5.41, 5.74) is 6.43. The zero-order valence-corrected chi connectivity index (χ0v) is 10.9. The van der Waals surface area contributed by atoms with E-state index in [1.165, 1.54) is 0 Å². The Kier molecular flexibility index (Phi) is 3.42. The van der Waals surface area contributed by atoms with Crippen LogP contribution in [0.1, 0.15) is 17.5 Å². The summed E-state index contributed by atoms with van der Waals surface area (Å²) in [5.74, 6) is 0.0523. The standard InChI is InChI=1S/C17H14N2O/c20-15-11-16(13-7-3-1-4-8-13)18-19-17(12-15)14-9-5-2-6-10-14/h1-11,18H,12H2. The van der Waals surface area contributed by atoms with Crippen LogP contribution in [-0.4, -0.2) is 11.5 Å². The quantitative estimate of drug-likeness (QED) is 0.904. The number of benzene rings is 2. The third-order valence-electron chi connectivity index (χ3n) is 3.15. The summed E-state index contributed by atoms with van der Waals surface area (Å²) in [7, 11) is 0. The minimum absolute atomic E-state index is 0.0523. The molecule has 1 aliphatic heterocycles. The fourth-order valence-corrected chi connectivity index (χ4v) is 2.14. The number of rotatable bonds is 2. The summed E-state index contributed by atoms with van der Waals surface area (Å²) < 4.78 is 0. The van der Waals surface area contributed by atoms with Crippen LogP contribution in [0.3, 0.4) is 0 Å². The van der Waals surface area contributed by atoms with Crippen LogP contribution in [-0.2, 0) is 4.79 Å². The molecule has 1 N–H and O–H groups in total. The molecule has 0 spiro atoms. The molecule has 1 aliphatic rings. The number of carbonyl (C=O) groups excluding carboxylic acids is 1. The van der Waals surface area contributed by atoms with Crippen molar-refractivity contribution >= 4 is 17.2 Å². The molecule has 0 unspecified atom stereocenters. The fraction of sp³-hybridized carbons (Fsp3) is 0.0588. The molecule has 0 fully saturated rings. The number of ketones is 1. The maximum Gasteiger partial charge on any atom is 0.163 e. The molecule has 0 radical (unpaired) electrons. The summed E-state index contributed by atoms with van der Waals surface area (Å²) in [5, 5.41) is 4.38. The van der Waals surface area contributed by atoms with Crippen LogP contribution >= 0.6 is 0 Å². The zero-order chi connectivity index (χ0) is 13.8. The molecule has 3 nitrogen and oxygen atoms in total. The lowest BCUT2D eigenvalue weighted by molar-refractivity contribution is -0.113. The Morgan fingerprint density at radius 1 is 0.850 bits per heavy atom. The molecule has 0 aliphatic carbocycles. The summed E-state index contributed by atoms with van der Waals surface area (Å²) in [6, 6.07) is 19.5. The van der Waals surface area contributed by atoms with E-state index < -0.39 is 0 Å². The van der Waals surface area contributed by atoms with Gasteiger partial charge in [-0.05, 0) is 11.1 Å². The topological polar surface area (TPSA) is 41.5 Å². The normalized spacial score (nSPS) is 14.9. The van der Waals surface area contributed by atoms with Crippen molar-refractivity contribution in [2.24, 2.45) is 5.10 Å². The van der Waals surface area contributed by atoms with Crippen LogP contribution in [0.4, 0.5) is 0 Å². The molecule has 3 heteroatoms. The van der Waals surface area contributed by atoms with Gasteiger partial charge in [-0.3, -0.25) is 10.2 Å². The molecule has 0 atom stereocenters. The van der Waals surface area contributed by atoms with E-state index >= 15 is 0 Å². The Balaban J connectivity index is 1.92. The lowest BCUT2D eigenvalue weighted by Crippen LogP contribution is -2.08. The Hall–Kier alpha value is -2.68. The zero-order valence-electron chi connectivity index (χ0n) is 10.9. The van der Waals surface area contributed by atoms with Gasteiger partial charge in [0.15, 0.2) is 5.78 Å². The SMILES string of the molecule is O=C1C=C(c2ccccc2)NN=C(c2ccccc2)C1. The van der Waals surface area contributed by atoms with E-state index in [-0.39, 0.29) is 5.78 Å². The highest BCUT2D eigenvalue weighted by molar-refractivity contribution is 6.16. The van der Waals surface area contributed by atoms with Crippen molar-refractivity contribution in [1.82, 2.24) is 5.43 Å². The van der Waals surface area contributed by atoms with Crippen LogP contribution in [0.2, 0.25) is 0 Å². The smallest absolute Gasteiger partial charge is 0.163 e. The van der Waals surface area contributed by atoms with Crippen molar-refractivity contribution < 1.29 is 4.79 Å². The number of nitrogens with zero attached hydrogens (tertiary/aromatic N) is 1. The highest BCUT2D eigenvalue weighted by Gasteiger charge is 2.14. The molecule has 0 saturated carbocycles. The van der Waals surface area contributed by atoms with Gasteiger partial charge in [-0.15, -0.1) is 0 Å². The first kappa shape index (κ1) is 12.4. The highest BCUT2D eigenvalue weighted by Crippen LogP contribution is 2.15. The van der Waals surface area contributed by atoms with Crippen molar-refractivity contribution in [2.45, 2.75) is 6.42 Å². The number of hydrogen-bond donors (Lipinski definition) is 1. The maximum atomic E-state index is 12.1. The van der Waals surface area contributed by atoms with Crippen molar-refractivity contribution in [1.29, 1.82) is 0 Å². The number of allylic oxidation sites excluding steroid dienone is 1. The van der Waals surface area contributed by atoms with Gasteiger partial charge in [0, 0.05) is 6.08 Å². The Morgan fingerprint density at radius 3 is 2.10 bits per heavy atom. The van der Waals surface area contributed by atoms with Crippen molar-refractivity contribution in [3.63, 3.8) is 0 Å². The highest BCUT2D eigenvalue weighted by atomic mass is 16.1. The molecule has 3 rings (SSSR count). The molecular weight excluding hydrogens is 248 g/mol. The van der Waals surface area contributed by atoms with Gasteiger partial charge in [0.25, 0.3) is 0 Å². The van der Waals surface area contributed by atoms with Crippen LogP contribution in [0.25, 0.3) is 5.70 Å². The van der Waals surface area contributed by atoms with Gasteiger partial charge in [0.1, 0.15) is 0 Å². The molecule has 2 aromatic carbocycles. The molecule has 0 bridgehead atoms. The first-order valence-corrected chi connectivity index (χ1v) is 6.51. The molecule has 0 saturated heterocycles. The molecule has 1 heterocycles. The van der Waals surface area contributed by atoms with Gasteiger partial charge in [0.05, 0.1) is 17.8 Å². The Labute approximate surface area is 117 Å². The van der Waals surface area contributed by atoms with E-state index in [2.05, 4.69) is 10.5 Å². The predicted molar refractivity (Wildman–Crippen MR) is 80.2 cm³/mol. The van der Waals surface area contributed by atoms with Gasteiger partial charge in [-0.2, -0.15) is 5.10 Å². The second-order valence-corrected chi connectivity index (χ2v) is 4.60. The van der Waals surface area contributed by atoms with Crippen LogP contribution in [0.5, 0.6) is 0 Å². The van der Waals surface area contributed by atoms with Crippen molar-refractivity contribution in [3.8, 4) is 0 Å². The van der Waals surface area contributed by atoms with Crippen LogP contribution < -0.4 is 5.43 Å². The summed E-state index contributed by atoms with van der Waals surface area (Å²) >= 11 is 0. The summed E-state index contributed by atoms with van der Waals surface area (Å²) in [4.78, 5) is 12.1. The minimum atomic E-state index is 0.0523. The molecule has 20 heavy (non-hydrogen) atoms. The lowest BCUT2D eigenvalue weighted by Gasteiger charge is -2.05. The van der Waals surface area contributed by atoms with Crippen LogP contribution in [0, 0.1) is 0 Å². The third-order valence-corrected chi connectivity index (χ3v) is 3.15. The predicted octanol–water partition coefficient (Wildman–Crippen LogP) is 2.99. The first-order chi connectivity index (χ1) is 9.83. The Morgan fingerprint density at radius 2 is 1.45 bits per heavy atom. The molecule has 0 amide bonds. The summed E-state index contributed by atoms with van der Waals surface area (Å²) in [6.07, 6.45) is 1.93. The van der Waals surface area contributed by atoms with E-state index in [1.54, 1.807) is 6.08 Å². The Bertz CT molecular complexity index is 673. The second kappa shape index (κ2) is 5.53. The van der Waals surface area contributed by atoms with E-state index in [9.17, 15) is 4.79 Å². The number of hydrogen-bond acceptors (Lipinski definition) is 3. The molecule has 0 aromatic heterocycles. The average Bonchev–Trinajstić information content (AvgIpc) is 2.71. The second-order valence-electron chi connectivity index (χ2n) is 4.60.